The predicted octanol–water partition coefficient (Wildman–Crippen LogP) is 5.54. The van der Waals surface area contributed by atoms with Crippen LogP contribution < -0.4 is 5.32 Å². The molecule has 0 fully saturated rings. The zero-order valence-electron chi connectivity index (χ0n) is 9.63. The number of para-hydroxylation sites is 1. The Hall–Kier alpha value is -0.700. The summed E-state index contributed by atoms with van der Waals surface area (Å²) in [5.74, 6) is 0. The van der Waals surface area contributed by atoms with Crippen molar-refractivity contribution in [2.75, 3.05) is 5.32 Å². The monoisotopic (exact) mass is 285 g/mol. The van der Waals surface area contributed by atoms with Gasteiger partial charge in [0.1, 0.15) is 0 Å². The normalized spacial score (nSPS) is 12.5. The fourth-order valence-corrected chi connectivity index (χ4v) is 3.00. The fraction of sp³-hybridized carbons (Fsp3) is 0.231. The highest BCUT2D eigenvalue weighted by Crippen LogP contribution is 2.34. The lowest BCUT2D eigenvalue weighted by Gasteiger charge is -2.16. The Balaban J connectivity index is 2.21. The fourth-order valence-electron chi connectivity index (χ4n) is 1.61. The van der Waals surface area contributed by atoms with Gasteiger partial charge in [-0.15, -0.1) is 11.3 Å². The number of anilines is 1. The molecule has 0 aliphatic rings. The molecule has 4 heteroatoms. The van der Waals surface area contributed by atoms with E-state index in [2.05, 4.69) is 31.3 Å². The maximum absolute atomic E-state index is 6.12. The first kappa shape index (κ1) is 12.7. The molecule has 0 radical (unpaired) electrons. The van der Waals surface area contributed by atoms with Crippen LogP contribution in [0.15, 0.2) is 30.3 Å². The third-order valence-corrected chi connectivity index (χ3v) is 4.32. The standard InChI is InChI=1S/C13H13Cl2NS/c1-8-6-7-12(17-8)9(2)16-13-10(14)4-3-5-11(13)15/h3-7,9,16H,1-2H3. The summed E-state index contributed by atoms with van der Waals surface area (Å²) in [7, 11) is 0. The van der Waals surface area contributed by atoms with Gasteiger partial charge in [-0.05, 0) is 38.1 Å². The Kier molecular flexibility index (Phi) is 3.97. The molecule has 1 heterocycles. The number of aryl methyl sites for hydroxylation is 1. The smallest absolute Gasteiger partial charge is 0.0723 e. The van der Waals surface area contributed by atoms with Crippen LogP contribution in [0.4, 0.5) is 5.69 Å². The van der Waals surface area contributed by atoms with Gasteiger partial charge in [-0.25, -0.2) is 0 Å². The van der Waals surface area contributed by atoms with E-state index in [0.717, 1.165) is 5.69 Å². The van der Waals surface area contributed by atoms with Crippen LogP contribution in [0, 0.1) is 6.92 Å². The van der Waals surface area contributed by atoms with Crippen LogP contribution in [-0.2, 0) is 0 Å². The van der Waals surface area contributed by atoms with Crippen molar-refractivity contribution < 1.29 is 0 Å². The Morgan fingerprint density at radius 1 is 1.12 bits per heavy atom. The van der Waals surface area contributed by atoms with Crippen molar-refractivity contribution in [3.8, 4) is 0 Å². The highest BCUT2D eigenvalue weighted by Gasteiger charge is 2.11. The first-order chi connectivity index (χ1) is 8.08. The van der Waals surface area contributed by atoms with E-state index in [1.807, 2.05) is 18.2 Å². The SMILES string of the molecule is Cc1ccc(C(C)Nc2c(Cl)cccc2Cl)s1. The summed E-state index contributed by atoms with van der Waals surface area (Å²) in [5.41, 5.74) is 0.800. The van der Waals surface area contributed by atoms with Gasteiger partial charge >= 0.3 is 0 Å². The lowest BCUT2D eigenvalue weighted by atomic mass is 10.2. The Morgan fingerprint density at radius 3 is 2.29 bits per heavy atom. The van der Waals surface area contributed by atoms with Gasteiger partial charge in [-0.2, -0.15) is 0 Å². The molecule has 17 heavy (non-hydrogen) atoms. The van der Waals surface area contributed by atoms with Crippen LogP contribution in [0.5, 0.6) is 0 Å². The highest BCUT2D eigenvalue weighted by atomic mass is 35.5. The van der Waals surface area contributed by atoms with Gasteiger partial charge in [-0.3, -0.25) is 0 Å². The van der Waals surface area contributed by atoms with Gasteiger partial charge in [-0.1, -0.05) is 29.3 Å². The molecule has 1 nitrogen and oxygen atoms in total. The molecule has 0 bridgehead atoms. The van der Waals surface area contributed by atoms with E-state index in [1.165, 1.54) is 9.75 Å². The van der Waals surface area contributed by atoms with Crippen molar-refractivity contribution in [2.45, 2.75) is 19.9 Å². The van der Waals surface area contributed by atoms with Crippen LogP contribution in [0.3, 0.4) is 0 Å². The highest BCUT2D eigenvalue weighted by molar-refractivity contribution is 7.12. The first-order valence-corrected chi connectivity index (χ1v) is 6.92. The Morgan fingerprint density at radius 2 is 1.76 bits per heavy atom. The maximum atomic E-state index is 6.12. The Labute approximate surface area is 115 Å². The quantitative estimate of drug-likeness (QED) is 0.781. The molecule has 2 aromatic rings. The molecule has 0 amide bonds. The molecule has 0 spiro atoms. The van der Waals surface area contributed by atoms with Crippen LogP contribution in [0.2, 0.25) is 10.0 Å². The van der Waals surface area contributed by atoms with E-state index in [1.54, 1.807) is 11.3 Å². The van der Waals surface area contributed by atoms with E-state index in [9.17, 15) is 0 Å². The number of hydrogen-bond donors (Lipinski definition) is 1. The molecule has 0 aliphatic carbocycles. The molecule has 0 saturated heterocycles. The van der Waals surface area contributed by atoms with Gasteiger partial charge < -0.3 is 5.32 Å². The molecule has 2 rings (SSSR count). The zero-order valence-corrected chi connectivity index (χ0v) is 12.0. The van der Waals surface area contributed by atoms with Crippen LogP contribution in [-0.4, -0.2) is 0 Å². The second kappa shape index (κ2) is 5.30. The van der Waals surface area contributed by atoms with Gasteiger partial charge in [0.25, 0.3) is 0 Å². The molecule has 90 valence electrons. The van der Waals surface area contributed by atoms with Crippen molar-refractivity contribution in [1.29, 1.82) is 0 Å². The Bertz CT molecular complexity index is 502. The molecule has 1 atom stereocenters. The molecular formula is C13H13Cl2NS. The lowest BCUT2D eigenvalue weighted by Crippen LogP contribution is -2.05. The summed E-state index contributed by atoms with van der Waals surface area (Å²) in [6, 6.07) is 9.96. The summed E-state index contributed by atoms with van der Waals surface area (Å²) in [4.78, 5) is 2.58. The molecule has 1 N–H and O–H groups in total. The number of benzene rings is 1. The van der Waals surface area contributed by atoms with E-state index < -0.39 is 0 Å². The summed E-state index contributed by atoms with van der Waals surface area (Å²) in [6.07, 6.45) is 0. The number of halogens is 2. The molecule has 1 aromatic carbocycles. The predicted molar refractivity (Wildman–Crippen MR) is 77.6 cm³/mol. The summed E-state index contributed by atoms with van der Waals surface area (Å²) in [6.45, 7) is 4.20. The van der Waals surface area contributed by atoms with Crippen LogP contribution >= 0.6 is 34.5 Å². The average Bonchev–Trinajstić information content (AvgIpc) is 2.70. The van der Waals surface area contributed by atoms with Gasteiger partial charge in [0.05, 0.1) is 21.8 Å². The van der Waals surface area contributed by atoms with E-state index >= 15 is 0 Å². The number of rotatable bonds is 3. The van der Waals surface area contributed by atoms with Crippen LogP contribution in [0.1, 0.15) is 22.7 Å². The van der Waals surface area contributed by atoms with E-state index in [4.69, 9.17) is 23.2 Å². The third-order valence-electron chi connectivity index (χ3n) is 2.51. The zero-order chi connectivity index (χ0) is 12.4. The van der Waals surface area contributed by atoms with Crippen molar-refractivity contribution in [2.24, 2.45) is 0 Å². The van der Waals surface area contributed by atoms with Crippen molar-refractivity contribution in [3.05, 3.63) is 50.1 Å². The molecule has 0 aliphatic heterocycles. The minimum Gasteiger partial charge on any atom is -0.375 e. The topological polar surface area (TPSA) is 12.0 Å². The third kappa shape index (κ3) is 2.95. The molecule has 1 unspecified atom stereocenters. The van der Waals surface area contributed by atoms with E-state index in [-0.39, 0.29) is 6.04 Å². The number of nitrogens with one attached hydrogen (secondary N) is 1. The van der Waals surface area contributed by atoms with Gasteiger partial charge in [0.2, 0.25) is 0 Å². The van der Waals surface area contributed by atoms with E-state index in [0.29, 0.717) is 10.0 Å². The summed E-state index contributed by atoms with van der Waals surface area (Å²) >= 11 is 14.0. The minimum absolute atomic E-state index is 0.200. The number of hydrogen-bond acceptors (Lipinski definition) is 2. The molecular weight excluding hydrogens is 273 g/mol. The van der Waals surface area contributed by atoms with Crippen molar-refractivity contribution in [1.82, 2.24) is 0 Å². The van der Waals surface area contributed by atoms with Crippen LogP contribution in [0.25, 0.3) is 0 Å². The first-order valence-electron chi connectivity index (χ1n) is 5.35. The summed E-state index contributed by atoms with van der Waals surface area (Å²) < 4.78 is 0. The molecule has 1 aromatic heterocycles. The largest absolute Gasteiger partial charge is 0.375 e. The number of thiophene rings is 1. The van der Waals surface area contributed by atoms with Crippen molar-refractivity contribution in [3.63, 3.8) is 0 Å². The van der Waals surface area contributed by atoms with Gasteiger partial charge in [0, 0.05) is 9.75 Å². The minimum atomic E-state index is 0.200. The maximum Gasteiger partial charge on any atom is 0.0723 e. The second-order valence-electron chi connectivity index (χ2n) is 3.91. The van der Waals surface area contributed by atoms with Gasteiger partial charge in [0.15, 0.2) is 0 Å². The average molecular weight is 286 g/mol. The van der Waals surface area contributed by atoms with Crippen molar-refractivity contribution >= 4 is 40.2 Å². The molecule has 0 saturated carbocycles. The summed E-state index contributed by atoms with van der Waals surface area (Å²) in [5, 5.41) is 4.66. The second-order valence-corrected chi connectivity index (χ2v) is 6.04. The lowest BCUT2D eigenvalue weighted by molar-refractivity contribution is 0.908.